The zero-order chi connectivity index (χ0) is 18.4. The van der Waals surface area contributed by atoms with Gasteiger partial charge in [-0.25, -0.2) is 0 Å². The molecule has 136 valence electrons. The molecule has 0 aromatic heterocycles. The Morgan fingerprint density at radius 2 is 1.96 bits per heavy atom. The normalized spacial score (nSPS) is 16.8. The summed E-state index contributed by atoms with van der Waals surface area (Å²) in [5.41, 5.74) is 0.769. The van der Waals surface area contributed by atoms with Crippen LogP contribution in [0.2, 0.25) is 5.02 Å². The van der Waals surface area contributed by atoms with E-state index in [-0.39, 0.29) is 24.3 Å². The van der Waals surface area contributed by atoms with Gasteiger partial charge in [-0.3, -0.25) is 9.59 Å². The molecule has 1 atom stereocenters. The van der Waals surface area contributed by atoms with Gasteiger partial charge in [-0.05, 0) is 43.2 Å². The van der Waals surface area contributed by atoms with E-state index in [0.717, 1.165) is 18.5 Å². The minimum atomic E-state index is -0.209. The molecule has 2 amide bonds. The summed E-state index contributed by atoms with van der Waals surface area (Å²) in [6.45, 7) is 0.997. The number of likely N-dealkylation sites (tertiary alicyclic amines) is 1. The van der Waals surface area contributed by atoms with E-state index in [9.17, 15) is 9.59 Å². The van der Waals surface area contributed by atoms with Gasteiger partial charge in [0.1, 0.15) is 5.75 Å². The minimum Gasteiger partial charge on any atom is -0.484 e. The first-order valence-electron chi connectivity index (χ1n) is 8.64. The molecule has 2 aromatic carbocycles. The van der Waals surface area contributed by atoms with Crippen LogP contribution in [0.15, 0.2) is 54.6 Å². The maximum Gasteiger partial charge on any atom is 0.260 e. The molecule has 0 radical (unpaired) electrons. The van der Waals surface area contributed by atoms with Gasteiger partial charge in [-0.2, -0.15) is 0 Å². The van der Waals surface area contributed by atoms with Crippen molar-refractivity contribution in [2.75, 3.05) is 25.0 Å². The molecular formula is C20H21ClN2O3. The number of piperidine rings is 1. The van der Waals surface area contributed by atoms with E-state index >= 15 is 0 Å². The largest absolute Gasteiger partial charge is 0.484 e. The third-order valence-electron chi connectivity index (χ3n) is 4.34. The summed E-state index contributed by atoms with van der Waals surface area (Å²) < 4.78 is 5.52. The number of carbonyl (C=O) groups excluding carboxylic acids is 2. The summed E-state index contributed by atoms with van der Waals surface area (Å²) in [6.07, 6.45) is 1.58. The van der Waals surface area contributed by atoms with E-state index in [2.05, 4.69) is 5.32 Å². The first-order chi connectivity index (χ1) is 12.6. The average molecular weight is 373 g/mol. The van der Waals surface area contributed by atoms with Crippen molar-refractivity contribution in [1.29, 1.82) is 0 Å². The number of carbonyl (C=O) groups is 2. The number of hydrogen-bond acceptors (Lipinski definition) is 3. The second kappa shape index (κ2) is 8.72. The van der Waals surface area contributed by atoms with Gasteiger partial charge in [0.05, 0.1) is 5.92 Å². The van der Waals surface area contributed by atoms with Crippen LogP contribution in [0.25, 0.3) is 0 Å². The Balaban J connectivity index is 1.52. The fraction of sp³-hybridized carbons (Fsp3) is 0.300. The Morgan fingerprint density at radius 3 is 2.73 bits per heavy atom. The maximum atomic E-state index is 12.5. The van der Waals surface area contributed by atoms with Gasteiger partial charge >= 0.3 is 0 Å². The van der Waals surface area contributed by atoms with Crippen molar-refractivity contribution >= 4 is 29.1 Å². The molecular weight excluding hydrogens is 352 g/mol. The molecule has 1 fully saturated rings. The second-order valence-corrected chi connectivity index (χ2v) is 6.72. The van der Waals surface area contributed by atoms with E-state index < -0.39 is 0 Å². The lowest BCUT2D eigenvalue weighted by atomic mass is 9.97. The number of para-hydroxylation sites is 1. The molecule has 0 unspecified atom stereocenters. The predicted octanol–water partition coefficient (Wildman–Crippen LogP) is 3.60. The third kappa shape index (κ3) is 4.99. The summed E-state index contributed by atoms with van der Waals surface area (Å²) in [6, 6.07) is 16.3. The molecule has 0 spiro atoms. The summed E-state index contributed by atoms with van der Waals surface area (Å²) >= 11 is 5.91. The van der Waals surface area contributed by atoms with E-state index in [1.807, 2.05) is 30.3 Å². The zero-order valence-electron chi connectivity index (χ0n) is 14.4. The molecule has 2 aromatic rings. The van der Waals surface area contributed by atoms with Crippen LogP contribution in [-0.2, 0) is 9.59 Å². The summed E-state index contributed by atoms with van der Waals surface area (Å²) in [5, 5.41) is 3.47. The Morgan fingerprint density at radius 1 is 1.15 bits per heavy atom. The minimum absolute atomic E-state index is 0.0514. The van der Waals surface area contributed by atoms with Gasteiger partial charge in [0.2, 0.25) is 5.91 Å². The number of halogens is 1. The lowest BCUT2D eigenvalue weighted by Crippen LogP contribution is -2.45. The fourth-order valence-corrected chi connectivity index (χ4v) is 3.16. The van der Waals surface area contributed by atoms with Crippen molar-refractivity contribution < 1.29 is 14.3 Å². The Kier molecular flexibility index (Phi) is 6.12. The molecule has 6 heteroatoms. The highest BCUT2D eigenvalue weighted by Crippen LogP contribution is 2.20. The van der Waals surface area contributed by atoms with Gasteiger partial charge in [-0.1, -0.05) is 35.9 Å². The molecule has 26 heavy (non-hydrogen) atoms. The van der Waals surface area contributed by atoms with Crippen LogP contribution < -0.4 is 10.1 Å². The molecule has 1 aliphatic rings. The lowest BCUT2D eigenvalue weighted by Gasteiger charge is -2.32. The molecule has 1 aliphatic heterocycles. The fourth-order valence-electron chi connectivity index (χ4n) is 2.98. The van der Waals surface area contributed by atoms with Crippen molar-refractivity contribution in [1.82, 2.24) is 4.90 Å². The van der Waals surface area contributed by atoms with Crippen LogP contribution >= 0.6 is 11.6 Å². The number of rotatable bonds is 5. The van der Waals surface area contributed by atoms with Crippen LogP contribution in [-0.4, -0.2) is 36.4 Å². The standard InChI is InChI=1S/C20H21ClN2O3/c21-16-7-4-10-18(12-16)26-14-19(24)23-11-5-6-15(13-23)20(25)22-17-8-2-1-3-9-17/h1-4,7-10,12,15H,5-6,11,13-14H2,(H,22,25)/t15-/m1/s1. The molecule has 0 bridgehead atoms. The molecule has 0 saturated carbocycles. The molecule has 1 N–H and O–H groups in total. The second-order valence-electron chi connectivity index (χ2n) is 6.28. The molecule has 0 aliphatic carbocycles. The maximum absolute atomic E-state index is 12.5. The number of amides is 2. The van der Waals surface area contributed by atoms with Gasteiger partial charge < -0.3 is 15.0 Å². The van der Waals surface area contributed by atoms with E-state index in [4.69, 9.17) is 16.3 Å². The number of benzene rings is 2. The molecule has 1 heterocycles. The highest BCUT2D eigenvalue weighted by molar-refractivity contribution is 6.30. The van der Waals surface area contributed by atoms with Gasteiger partial charge in [-0.15, -0.1) is 0 Å². The number of nitrogens with one attached hydrogen (secondary N) is 1. The molecule has 5 nitrogen and oxygen atoms in total. The number of ether oxygens (including phenoxy) is 1. The van der Waals surface area contributed by atoms with E-state index in [1.165, 1.54) is 0 Å². The van der Waals surface area contributed by atoms with Crippen molar-refractivity contribution in [3.05, 3.63) is 59.6 Å². The van der Waals surface area contributed by atoms with Crippen molar-refractivity contribution in [3.63, 3.8) is 0 Å². The summed E-state index contributed by atoms with van der Waals surface area (Å²) in [5.74, 6) is 0.173. The van der Waals surface area contributed by atoms with Gasteiger partial charge in [0.25, 0.3) is 5.91 Å². The van der Waals surface area contributed by atoms with Crippen LogP contribution in [0.4, 0.5) is 5.69 Å². The first kappa shape index (κ1) is 18.3. The lowest BCUT2D eigenvalue weighted by molar-refractivity contribution is -0.136. The van der Waals surface area contributed by atoms with Gasteiger partial charge in [0.15, 0.2) is 6.61 Å². The smallest absolute Gasteiger partial charge is 0.260 e. The molecule has 1 saturated heterocycles. The van der Waals surface area contributed by atoms with Crippen LogP contribution in [0.1, 0.15) is 12.8 Å². The third-order valence-corrected chi connectivity index (χ3v) is 4.58. The highest BCUT2D eigenvalue weighted by atomic mass is 35.5. The zero-order valence-corrected chi connectivity index (χ0v) is 15.1. The van der Waals surface area contributed by atoms with Crippen LogP contribution in [0.5, 0.6) is 5.75 Å². The van der Waals surface area contributed by atoms with E-state index in [0.29, 0.717) is 23.9 Å². The SMILES string of the molecule is O=C(Nc1ccccc1)[C@@H]1CCCN(C(=O)COc2cccc(Cl)c2)C1. The quantitative estimate of drug-likeness (QED) is 0.872. The predicted molar refractivity (Wildman–Crippen MR) is 101 cm³/mol. The van der Waals surface area contributed by atoms with Crippen LogP contribution in [0, 0.1) is 5.92 Å². The van der Waals surface area contributed by atoms with E-state index in [1.54, 1.807) is 29.2 Å². The summed E-state index contributed by atoms with van der Waals surface area (Å²) in [4.78, 5) is 26.6. The van der Waals surface area contributed by atoms with Crippen molar-refractivity contribution in [3.8, 4) is 5.75 Å². The Bertz CT molecular complexity index is 767. The number of anilines is 1. The number of hydrogen-bond donors (Lipinski definition) is 1. The highest BCUT2D eigenvalue weighted by Gasteiger charge is 2.28. The van der Waals surface area contributed by atoms with Crippen molar-refractivity contribution in [2.24, 2.45) is 5.92 Å². The summed E-state index contributed by atoms with van der Waals surface area (Å²) in [7, 11) is 0. The number of nitrogens with zero attached hydrogens (tertiary/aromatic N) is 1. The molecule has 3 rings (SSSR count). The van der Waals surface area contributed by atoms with Crippen LogP contribution in [0.3, 0.4) is 0 Å². The topological polar surface area (TPSA) is 58.6 Å². The van der Waals surface area contributed by atoms with Crippen molar-refractivity contribution in [2.45, 2.75) is 12.8 Å². The van der Waals surface area contributed by atoms with Gasteiger partial charge in [0, 0.05) is 23.8 Å². The monoisotopic (exact) mass is 372 g/mol. The average Bonchev–Trinajstić information content (AvgIpc) is 2.67. The Labute approximate surface area is 157 Å². The first-order valence-corrected chi connectivity index (χ1v) is 9.01. The Hall–Kier alpha value is -2.53.